The predicted molar refractivity (Wildman–Crippen MR) is 106 cm³/mol. The number of piperidine rings is 1. The van der Waals surface area contributed by atoms with E-state index in [2.05, 4.69) is 27.5 Å². The van der Waals surface area contributed by atoms with E-state index in [9.17, 15) is 13.9 Å². The fourth-order valence-electron chi connectivity index (χ4n) is 3.77. The van der Waals surface area contributed by atoms with Gasteiger partial charge in [-0.25, -0.2) is 8.78 Å². The molecule has 1 aliphatic heterocycles. The molecule has 1 saturated heterocycles. The number of halogens is 2. The molecule has 4 rings (SSSR count). The van der Waals surface area contributed by atoms with Crippen molar-refractivity contribution in [2.24, 2.45) is 0 Å². The first-order valence-corrected chi connectivity index (χ1v) is 9.35. The quantitative estimate of drug-likeness (QED) is 0.696. The Kier molecular flexibility index (Phi) is 5.09. The van der Waals surface area contributed by atoms with Gasteiger partial charge < -0.3 is 15.3 Å². The van der Waals surface area contributed by atoms with Gasteiger partial charge in [0.25, 0.3) is 6.43 Å². The van der Waals surface area contributed by atoms with Gasteiger partial charge in [0.15, 0.2) is 5.82 Å². The second-order valence-corrected chi connectivity index (χ2v) is 7.27. The second-order valence-electron chi connectivity index (χ2n) is 7.27. The van der Waals surface area contributed by atoms with Crippen LogP contribution in [0.5, 0.6) is 5.75 Å². The number of nitrogens with one attached hydrogen (secondary N) is 1. The van der Waals surface area contributed by atoms with Crippen LogP contribution >= 0.6 is 0 Å². The molecular formula is C21H22F2N4O. The molecule has 2 aromatic carbocycles. The van der Waals surface area contributed by atoms with Crippen molar-refractivity contribution in [2.45, 2.75) is 25.3 Å². The summed E-state index contributed by atoms with van der Waals surface area (Å²) >= 11 is 0. The third kappa shape index (κ3) is 3.62. The van der Waals surface area contributed by atoms with Gasteiger partial charge in [-0.3, -0.25) is 0 Å². The zero-order valence-corrected chi connectivity index (χ0v) is 15.6. The van der Waals surface area contributed by atoms with Crippen LogP contribution in [-0.2, 0) is 0 Å². The fraction of sp³-hybridized carbons (Fsp3) is 0.333. The van der Waals surface area contributed by atoms with Crippen LogP contribution < -0.4 is 5.32 Å². The molecule has 5 nitrogen and oxygen atoms in total. The third-order valence-corrected chi connectivity index (χ3v) is 5.18. The molecule has 2 N–H and O–H groups in total. The maximum Gasteiger partial charge on any atom is 0.263 e. The number of alkyl halides is 2. The van der Waals surface area contributed by atoms with E-state index >= 15 is 0 Å². The van der Waals surface area contributed by atoms with Gasteiger partial charge in [0.1, 0.15) is 11.4 Å². The number of anilines is 1. The van der Waals surface area contributed by atoms with Crippen molar-refractivity contribution in [2.75, 3.05) is 25.5 Å². The first-order valence-electron chi connectivity index (χ1n) is 9.35. The van der Waals surface area contributed by atoms with E-state index in [4.69, 9.17) is 0 Å². The van der Waals surface area contributed by atoms with Crippen molar-refractivity contribution in [3.8, 4) is 17.0 Å². The maximum absolute atomic E-state index is 12.9. The number of benzene rings is 2. The van der Waals surface area contributed by atoms with E-state index in [1.165, 1.54) is 12.1 Å². The number of phenols is 1. The summed E-state index contributed by atoms with van der Waals surface area (Å²) in [4.78, 5) is 2.29. The van der Waals surface area contributed by atoms with E-state index in [0.29, 0.717) is 23.1 Å². The van der Waals surface area contributed by atoms with Crippen molar-refractivity contribution in [1.29, 1.82) is 0 Å². The van der Waals surface area contributed by atoms with E-state index in [1.54, 1.807) is 0 Å². The van der Waals surface area contributed by atoms with Crippen LogP contribution in [-0.4, -0.2) is 46.4 Å². The lowest BCUT2D eigenvalue weighted by molar-refractivity contribution is 0.151. The molecule has 146 valence electrons. The third-order valence-electron chi connectivity index (χ3n) is 5.18. The standard InChI is InChI=1S/C21H22F2N4O/c1-27-10-4-5-14(12-27)24-21-16-7-3-2-6-15(16)19(25-26-21)17-9-8-13(20(22)23)11-18(17)28/h2-3,6-9,11,14,20,28H,4-5,10,12H2,1H3,(H,24,26). The van der Waals surface area contributed by atoms with Gasteiger partial charge in [-0.05, 0) is 38.6 Å². The molecule has 3 aromatic rings. The first-order chi connectivity index (χ1) is 13.5. The molecule has 28 heavy (non-hydrogen) atoms. The van der Waals surface area contributed by atoms with Crippen LogP contribution in [0.3, 0.4) is 0 Å². The van der Waals surface area contributed by atoms with Crippen molar-refractivity contribution in [3.05, 3.63) is 48.0 Å². The Morgan fingerprint density at radius 2 is 1.93 bits per heavy atom. The van der Waals surface area contributed by atoms with Crippen LogP contribution in [0.2, 0.25) is 0 Å². The highest BCUT2D eigenvalue weighted by molar-refractivity contribution is 6.00. The summed E-state index contributed by atoms with van der Waals surface area (Å²) < 4.78 is 25.8. The minimum Gasteiger partial charge on any atom is -0.507 e. The largest absolute Gasteiger partial charge is 0.507 e. The number of aromatic nitrogens is 2. The summed E-state index contributed by atoms with van der Waals surface area (Å²) in [5.41, 5.74) is 0.635. The first kappa shape index (κ1) is 18.6. The highest BCUT2D eigenvalue weighted by atomic mass is 19.3. The summed E-state index contributed by atoms with van der Waals surface area (Å²) in [5, 5.41) is 24.2. The second kappa shape index (κ2) is 7.67. The van der Waals surface area contributed by atoms with Gasteiger partial charge in [-0.2, -0.15) is 0 Å². The average Bonchev–Trinajstić information content (AvgIpc) is 2.68. The molecule has 0 amide bonds. The molecule has 1 fully saturated rings. The van der Waals surface area contributed by atoms with E-state index in [-0.39, 0.29) is 11.3 Å². The van der Waals surface area contributed by atoms with E-state index < -0.39 is 6.43 Å². The molecule has 1 aliphatic rings. The summed E-state index contributed by atoms with van der Waals surface area (Å²) in [5.74, 6) is 0.468. The van der Waals surface area contributed by atoms with Crippen molar-refractivity contribution < 1.29 is 13.9 Å². The number of likely N-dealkylation sites (N-methyl/N-ethyl adjacent to an activating group) is 1. The van der Waals surface area contributed by atoms with Gasteiger partial charge in [0.05, 0.1) is 0 Å². The lowest BCUT2D eigenvalue weighted by Crippen LogP contribution is -2.40. The zero-order chi connectivity index (χ0) is 19.7. The van der Waals surface area contributed by atoms with Gasteiger partial charge in [-0.15, -0.1) is 10.2 Å². The number of rotatable bonds is 4. The highest BCUT2D eigenvalue weighted by Crippen LogP contribution is 2.36. The lowest BCUT2D eigenvalue weighted by Gasteiger charge is -2.30. The van der Waals surface area contributed by atoms with Crippen LogP contribution in [0.1, 0.15) is 24.8 Å². The predicted octanol–water partition coefficient (Wildman–Crippen LogP) is 4.45. The molecule has 0 bridgehead atoms. The average molecular weight is 384 g/mol. The molecule has 7 heteroatoms. The smallest absolute Gasteiger partial charge is 0.263 e. The van der Waals surface area contributed by atoms with Gasteiger partial charge in [-0.1, -0.05) is 30.3 Å². The van der Waals surface area contributed by atoms with Crippen molar-refractivity contribution in [1.82, 2.24) is 15.1 Å². The summed E-state index contributed by atoms with van der Waals surface area (Å²) in [6.45, 7) is 2.03. The minimum absolute atomic E-state index is 0.224. The van der Waals surface area contributed by atoms with Crippen LogP contribution in [0, 0.1) is 0 Å². The number of nitrogens with zero attached hydrogens (tertiary/aromatic N) is 3. The van der Waals surface area contributed by atoms with E-state index in [0.717, 1.165) is 42.8 Å². The Balaban J connectivity index is 1.74. The van der Waals surface area contributed by atoms with E-state index in [1.807, 2.05) is 24.3 Å². The Morgan fingerprint density at radius 1 is 1.14 bits per heavy atom. The summed E-state index contributed by atoms with van der Waals surface area (Å²) in [6.07, 6.45) is -0.442. The normalized spacial score (nSPS) is 17.9. The molecule has 0 saturated carbocycles. The number of hydrogen-bond acceptors (Lipinski definition) is 5. The van der Waals surface area contributed by atoms with Gasteiger partial charge in [0.2, 0.25) is 0 Å². The molecule has 2 heterocycles. The summed E-state index contributed by atoms with van der Waals surface area (Å²) in [6, 6.07) is 11.8. The minimum atomic E-state index is -2.64. The van der Waals surface area contributed by atoms with Crippen molar-refractivity contribution >= 4 is 16.6 Å². The van der Waals surface area contributed by atoms with Crippen LogP contribution in [0.4, 0.5) is 14.6 Å². The number of hydrogen-bond donors (Lipinski definition) is 2. The lowest BCUT2D eigenvalue weighted by atomic mass is 10.0. The topological polar surface area (TPSA) is 61.3 Å². The number of aromatic hydroxyl groups is 1. The molecule has 1 atom stereocenters. The van der Waals surface area contributed by atoms with Crippen LogP contribution in [0.25, 0.3) is 22.0 Å². The Hall–Kier alpha value is -2.80. The Labute approximate surface area is 162 Å². The molecular weight excluding hydrogens is 362 g/mol. The van der Waals surface area contributed by atoms with Crippen molar-refractivity contribution in [3.63, 3.8) is 0 Å². The monoisotopic (exact) mass is 384 g/mol. The summed E-state index contributed by atoms with van der Waals surface area (Å²) in [7, 11) is 2.10. The SMILES string of the molecule is CN1CCCC(Nc2nnc(-c3ccc(C(F)F)cc3O)c3ccccc23)C1. The van der Waals surface area contributed by atoms with Gasteiger partial charge >= 0.3 is 0 Å². The van der Waals surface area contributed by atoms with Crippen LogP contribution in [0.15, 0.2) is 42.5 Å². The zero-order valence-electron chi connectivity index (χ0n) is 15.6. The molecule has 1 unspecified atom stereocenters. The molecule has 0 radical (unpaired) electrons. The number of fused-ring (bicyclic) bond motifs is 1. The maximum atomic E-state index is 12.9. The fourth-order valence-corrected chi connectivity index (χ4v) is 3.77. The Bertz CT molecular complexity index is 995. The Morgan fingerprint density at radius 3 is 2.64 bits per heavy atom. The number of phenolic OH excluding ortho intramolecular Hbond substituents is 1. The molecule has 0 spiro atoms. The highest BCUT2D eigenvalue weighted by Gasteiger charge is 2.20. The van der Waals surface area contributed by atoms with Gasteiger partial charge in [0, 0.05) is 34.5 Å². The molecule has 0 aliphatic carbocycles. The number of likely N-dealkylation sites (tertiary alicyclic amines) is 1. The molecule has 1 aromatic heterocycles.